The molecule has 0 atom stereocenters. The molecule has 0 aliphatic heterocycles. The zero-order chi connectivity index (χ0) is 14.1. The first-order chi connectivity index (χ1) is 9.69. The molecule has 0 heterocycles. The van der Waals surface area contributed by atoms with Crippen molar-refractivity contribution in [3.8, 4) is 0 Å². The molecule has 1 aromatic rings. The van der Waals surface area contributed by atoms with Crippen LogP contribution in [0.3, 0.4) is 0 Å². The van der Waals surface area contributed by atoms with Crippen molar-refractivity contribution in [3.05, 3.63) is 29.3 Å². The molecule has 2 aliphatic rings. The molecule has 0 bridgehead atoms. The summed E-state index contributed by atoms with van der Waals surface area (Å²) in [4.78, 5) is 12.3. The van der Waals surface area contributed by atoms with Gasteiger partial charge in [-0.15, -0.1) is 0 Å². The van der Waals surface area contributed by atoms with Crippen LogP contribution in [0.15, 0.2) is 18.2 Å². The summed E-state index contributed by atoms with van der Waals surface area (Å²) in [7, 11) is 1.89. The van der Waals surface area contributed by atoms with Gasteiger partial charge >= 0.3 is 0 Å². The summed E-state index contributed by atoms with van der Waals surface area (Å²) < 4.78 is 0. The van der Waals surface area contributed by atoms with Crippen LogP contribution in [0.1, 0.15) is 41.6 Å². The van der Waals surface area contributed by atoms with E-state index in [4.69, 9.17) is 0 Å². The van der Waals surface area contributed by atoms with E-state index in [1.165, 1.54) is 25.7 Å². The van der Waals surface area contributed by atoms with Crippen molar-refractivity contribution in [2.24, 2.45) is 17.8 Å². The van der Waals surface area contributed by atoms with Crippen molar-refractivity contribution in [2.75, 3.05) is 18.9 Å². The Morgan fingerprint density at radius 3 is 2.40 bits per heavy atom. The summed E-state index contributed by atoms with van der Waals surface area (Å²) in [6.45, 7) is 2.86. The molecule has 3 heteroatoms. The Balaban J connectivity index is 1.60. The van der Waals surface area contributed by atoms with E-state index in [0.717, 1.165) is 41.1 Å². The Bertz CT molecular complexity index is 492. The Morgan fingerprint density at radius 1 is 1.25 bits per heavy atom. The Kier molecular flexibility index (Phi) is 3.68. The maximum Gasteiger partial charge on any atom is 0.251 e. The van der Waals surface area contributed by atoms with Gasteiger partial charge in [-0.3, -0.25) is 4.79 Å². The number of rotatable bonds is 6. The first-order valence-electron chi connectivity index (χ1n) is 7.75. The minimum atomic E-state index is 0.0800. The fourth-order valence-electron chi connectivity index (χ4n) is 3.15. The first-order valence-corrected chi connectivity index (χ1v) is 7.75. The van der Waals surface area contributed by atoms with Gasteiger partial charge in [0.2, 0.25) is 0 Å². The van der Waals surface area contributed by atoms with Gasteiger partial charge in [0.25, 0.3) is 5.91 Å². The lowest BCUT2D eigenvalue weighted by molar-refractivity contribution is 0.0943. The first kappa shape index (κ1) is 13.5. The third-order valence-corrected chi connectivity index (χ3v) is 4.71. The number of amides is 1. The van der Waals surface area contributed by atoms with Gasteiger partial charge in [0.05, 0.1) is 0 Å². The smallest absolute Gasteiger partial charge is 0.251 e. The molecule has 0 aromatic heterocycles. The number of nitrogens with one attached hydrogen (secondary N) is 2. The average molecular weight is 272 g/mol. The van der Waals surface area contributed by atoms with Crippen LogP contribution in [-0.4, -0.2) is 19.5 Å². The standard InChI is InChI=1S/C17H24N2O/c1-11-9-14(18-2)7-8-15(11)17(20)19-10-16(12-3-4-12)13-5-6-13/h7-9,12-13,16,18H,3-6,10H2,1-2H3,(H,19,20). The predicted molar refractivity (Wildman–Crippen MR) is 82.0 cm³/mol. The van der Waals surface area contributed by atoms with Gasteiger partial charge in [-0.1, -0.05) is 0 Å². The van der Waals surface area contributed by atoms with Crippen LogP contribution in [0.5, 0.6) is 0 Å². The van der Waals surface area contributed by atoms with Crippen LogP contribution in [0.2, 0.25) is 0 Å². The van der Waals surface area contributed by atoms with Crippen LogP contribution in [0, 0.1) is 24.7 Å². The summed E-state index contributed by atoms with van der Waals surface area (Å²) in [6, 6.07) is 5.90. The lowest BCUT2D eigenvalue weighted by Gasteiger charge is -2.17. The highest BCUT2D eigenvalue weighted by atomic mass is 16.1. The second kappa shape index (κ2) is 5.47. The number of anilines is 1. The maximum atomic E-state index is 12.3. The fraction of sp³-hybridized carbons (Fsp3) is 0.588. The second-order valence-corrected chi connectivity index (χ2v) is 6.33. The van der Waals surface area contributed by atoms with Gasteiger partial charge < -0.3 is 10.6 Å². The number of hydrogen-bond acceptors (Lipinski definition) is 2. The minimum absolute atomic E-state index is 0.0800. The van der Waals surface area contributed by atoms with Gasteiger partial charge in [0.15, 0.2) is 0 Å². The molecule has 3 nitrogen and oxygen atoms in total. The molecule has 108 valence electrons. The van der Waals surface area contributed by atoms with Crippen molar-refractivity contribution >= 4 is 11.6 Å². The largest absolute Gasteiger partial charge is 0.388 e. The van der Waals surface area contributed by atoms with Gasteiger partial charge in [0.1, 0.15) is 0 Å². The Labute approximate surface area is 121 Å². The fourth-order valence-corrected chi connectivity index (χ4v) is 3.15. The second-order valence-electron chi connectivity index (χ2n) is 6.33. The highest BCUT2D eigenvalue weighted by molar-refractivity contribution is 5.96. The summed E-state index contributed by atoms with van der Waals surface area (Å²) in [5.41, 5.74) is 2.88. The van der Waals surface area contributed by atoms with Crippen LogP contribution in [-0.2, 0) is 0 Å². The molecule has 2 aliphatic carbocycles. The van der Waals surface area contributed by atoms with Gasteiger partial charge in [-0.25, -0.2) is 0 Å². The van der Waals surface area contributed by atoms with E-state index in [1.807, 2.05) is 32.2 Å². The van der Waals surface area contributed by atoms with Crippen LogP contribution >= 0.6 is 0 Å². The Hall–Kier alpha value is -1.51. The summed E-state index contributed by atoms with van der Waals surface area (Å²) in [5, 5.41) is 6.26. The highest BCUT2D eigenvalue weighted by Gasteiger charge is 2.41. The Morgan fingerprint density at radius 2 is 1.90 bits per heavy atom. The monoisotopic (exact) mass is 272 g/mol. The van der Waals surface area contributed by atoms with Crippen molar-refractivity contribution in [1.29, 1.82) is 0 Å². The van der Waals surface area contributed by atoms with E-state index in [9.17, 15) is 4.79 Å². The molecular formula is C17H24N2O. The normalized spacial score (nSPS) is 18.1. The zero-order valence-electron chi connectivity index (χ0n) is 12.4. The van der Waals surface area contributed by atoms with E-state index in [0.29, 0.717) is 0 Å². The lowest BCUT2D eigenvalue weighted by Crippen LogP contribution is -2.31. The SMILES string of the molecule is CNc1ccc(C(=O)NCC(C2CC2)C2CC2)c(C)c1. The molecule has 0 saturated heterocycles. The summed E-state index contributed by atoms with van der Waals surface area (Å²) >= 11 is 0. The molecule has 0 radical (unpaired) electrons. The van der Waals surface area contributed by atoms with Gasteiger partial charge in [-0.2, -0.15) is 0 Å². The summed E-state index contributed by atoms with van der Waals surface area (Å²) in [6.07, 6.45) is 5.47. The third kappa shape index (κ3) is 2.97. The lowest BCUT2D eigenvalue weighted by atomic mass is 9.97. The number of carbonyl (C=O) groups is 1. The van der Waals surface area contributed by atoms with Crippen LogP contribution in [0.4, 0.5) is 5.69 Å². The molecule has 1 amide bonds. The zero-order valence-corrected chi connectivity index (χ0v) is 12.4. The van der Waals surface area contributed by atoms with Crippen molar-refractivity contribution in [2.45, 2.75) is 32.6 Å². The van der Waals surface area contributed by atoms with Crippen LogP contribution in [0.25, 0.3) is 0 Å². The third-order valence-electron chi connectivity index (χ3n) is 4.71. The van der Waals surface area contributed by atoms with E-state index in [1.54, 1.807) is 0 Å². The number of aryl methyl sites for hydroxylation is 1. The molecule has 0 unspecified atom stereocenters. The van der Waals surface area contributed by atoms with E-state index in [2.05, 4.69) is 10.6 Å². The molecule has 1 aromatic carbocycles. The molecule has 0 spiro atoms. The minimum Gasteiger partial charge on any atom is -0.388 e. The quantitative estimate of drug-likeness (QED) is 0.835. The number of carbonyl (C=O) groups excluding carboxylic acids is 1. The molecule has 2 N–H and O–H groups in total. The van der Waals surface area contributed by atoms with E-state index < -0.39 is 0 Å². The van der Waals surface area contributed by atoms with Gasteiger partial charge in [0, 0.05) is 24.8 Å². The molecule has 2 fully saturated rings. The molecular weight excluding hydrogens is 248 g/mol. The van der Waals surface area contributed by atoms with E-state index >= 15 is 0 Å². The highest BCUT2D eigenvalue weighted by Crippen LogP contribution is 2.48. The average Bonchev–Trinajstić information content (AvgIpc) is 3.31. The number of hydrogen-bond donors (Lipinski definition) is 2. The van der Waals surface area contributed by atoms with Gasteiger partial charge in [-0.05, 0) is 74.1 Å². The van der Waals surface area contributed by atoms with Crippen molar-refractivity contribution in [3.63, 3.8) is 0 Å². The van der Waals surface area contributed by atoms with E-state index in [-0.39, 0.29) is 5.91 Å². The molecule has 2 saturated carbocycles. The number of benzene rings is 1. The molecule has 20 heavy (non-hydrogen) atoms. The topological polar surface area (TPSA) is 41.1 Å². The van der Waals surface area contributed by atoms with Crippen molar-refractivity contribution in [1.82, 2.24) is 5.32 Å². The summed E-state index contributed by atoms with van der Waals surface area (Å²) in [5.74, 6) is 2.58. The van der Waals surface area contributed by atoms with Crippen molar-refractivity contribution < 1.29 is 4.79 Å². The van der Waals surface area contributed by atoms with Crippen LogP contribution < -0.4 is 10.6 Å². The predicted octanol–water partition coefficient (Wildman–Crippen LogP) is 3.20. The molecule has 3 rings (SSSR count). The maximum absolute atomic E-state index is 12.3.